The highest BCUT2D eigenvalue weighted by Crippen LogP contribution is 2.42. The van der Waals surface area contributed by atoms with E-state index in [9.17, 15) is 0 Å². The molecule has 0 aromatic carbocycles. The van der Waals surface area contributed by atoms with Gasteiger partial charge in [-0.2, -0.15) is 5.10 Å². The summed E-state index contributed by atoms with van der Waals surface area (Å²) in [5.41, 5.74) is 13.2. The molecule has 29 heavy (non-hydrogen) atoms. The van der Waals surface area contributed by atoms with Crippen molar-refractivity contribution in [3.05, 3.63) is 29.7 Å². The van der Waals surface area contributed by atoms with Gasteiger partial charge in [0, 0.05) is 41.8 Å². The summed E-state index contributed by atoms with van der Waals surface area (Å²) in [6.07, 6.45) is 7.37. The van der Waals surface area contributed by atoms with Crippen molar-refractivity contribution in [2.45, 2.75) is 28.7 Å². The molecule has 0 aliphatic carbocycles. The minimum Gasteiger partial charge on any atom is -0.382 e. The van der Waals surface area contributed by atoms with Crippen LogP contribution in [0.2, 0.25) is 5.02 Å². The van der Waals surface area contributed by atoms with Gasteiger partial charge in [-0.05, 0) is 18.9 Å². The topological polar surface area (TPSA) is 119 Å². The molecule has 0 amide bonds. The first-order valence-electron chi connectivity index (χ1n) is 9.56. The summed E-state index contributed by atoms with van der Waals surface area (Å²) in [5.74, 6) is 1.26. The summed E-state index contributed by atoms with van der Waals surface area (Å²) in [7, 11) is 0. The quantitative estimate of drug-likeness (QED) is 0.579. The third-order valence-corrected chi connectivity index (χ3v) is 7.66. The van der Waals surface area contributed by atoms with E-state index >= 15 is 0 Å². The monoisotopic (exact) mass is 431 g/mol. The molecule has 0 bridgehead atoms. The summed E-state index contributed by atoms with van der Waals surface area (Å²) >= 11 is 7.81. The molecule has 1 spiro atoms. The van der Waals surface area contributed by atoms with Crippen LogP contribution in [0.5, 0.6) is 0 Å². The number of nitrogen functional groups attached to an aromatic ring is 1. The van der Waals surface area contributed by atoms with Crippen LogP contribution in [0.15, 0.2) is 34.4 Å². The van der Waals surface area contributed by atoms with E-state index in [4.69, 9.17) is 32.8 Å². The molecular formula is C19H22ClN7OS. The molecule has 0 unspecified atom stereocenters. The zero-order valence-electron chi connectivity index (χ0n) is 15.8. The maximum atomic E-state index is 6.32. The van der Waals surface area contributed by atoms with Crippen LogP contribution in [0.25, 0.3) is 10.9 Å². The van der Waals surface area contributed by atoms with E-state index in [1.807, 2.05) is 18.5 Å². The Bertz CT molecular complexity index is 1050. The Morgan fingerprint density at radius 3 is 2.83 bits per heavy atom. The first-order valence-corrected chi connectivity index (χ1v) is 10.7. The number of piperidine rings is 1. The zero-order valence-corrected chi connectivity index (χ0v) is 17.3. The molecule has 2 saturated heterocycles. The highest BCUT2D eigenvalue weighted by atomic mass is 35.5. The van der Waals surface area contributed by atoms with Crippen LogP contribution < -0.4 is 16.4 Å². The molecule has 2 aliphatic rings. The molecule has 5 heterocycles. The van der Waals surface area contributed by atoms with E-state index < -0.39 is 0 Å². The molecule has 0 radical (unpaired) electrons. The van der Waals surface area contributed by atoms with Crippen LogP contribution >= 0.6 is 23.4 Å². The highest BCUT2D eigenvalue weighted by molar-refractivity contribution is 7.99. The molecular weight excluding hydrogens is 410 g/mol. The van der Waals surface area contributed by atoms with E-state index in [1.54, 1.807) is 6.20 Å². The van der Waals surface area contributed by atoms with Gasteiger partial charge < -0.3 is 21.1 Å². The van der Waals surface area contributed by atoms with Crippen LogP contribution in [0.3, 0.4) is 0 Å². The lowest BCUT2D eigenvalue weighted by atomic mass is 9.75. The standard InChI is InChI=1S/C19H22ClN7OS/c20-15-12(1-4-23-17(15)22)29-13-8-24-18(11-7-25-26-16(11)13)27-5-2-19(3-6-27)10-28-9-14(19)21/h1,4,7-8,14H,2-3,5-6,9-10,21H2,(H2,22,23)(H,25,26)/t14-/m1/s1. The molecule has 1 atom stereocenters. The van der Waals surface area contributed by atoms with Crippen molar-refractivity contribution >= 4 is 45.9 Å². The summed E-state index contributed by atoms with van der Waals surface area (Å²) in [4.78, 5) is 12.9. The van der Waals surface area contributed by atoms with Gasteiger partial charge in [0.25, 0.3) is 0 Å². The zero-order chi connectivity index (χ0) is 20.0. The lowest BCUT2D eigenvalue weighted by Gasteiger charge is -2.41. The molecule has 5 N–H and O–H groups in total. The van der Waals surface area contributed by atoms with E-state index in [0.29, 0.717) is 17.4 Å². The average Bonchev–Trinajstić information content (AvgIpc) is 3.35. The number of nitrogens with zero attached hydrogens (tertiary/aromatic N) is 4. The van der Waals surface area contributed by atoms with E-state index in [-0.39, 0.29) is 11.5 Å². The Balaban J connectivity index is 1.42. The number of nitrogens with two attached hydrogens (primary N) is 2. The molecule has 5 rings (SSSR count). The molecule has 2 fully saturated rings. The van der Waals surface area contributed by atoms with Gasteiger partial charge in [0.1, 0.15) is 11.6 Å². The second-order valence-corrected chi connectivity index (χ2v) is 9.15. The number of pyridine rings is 2. The van der Waals surface area contributed by atoms with Crippen LogP contribution in [0.1, 0.15) is 12.8 Å². The molecule has 2 aliphatic heterocycles. The van der Waals surface area contributed by atoms with Gasteiger partial charge in [-0.1, -0.05) is 23.4 Å². The predicted molar refractivity (Wildman–Crippen MR) is 114 cm³/mol. The van der Waals surface area contributed by atoms with E-state index in [0.717, 1.165) is 59.0 Å². The van der Waals surface area contributed by atoms with Crippen molar-refractivity contribution in [2.75, 3.05) is 36.9 Å². The number of halogens is 1. The number of aromatic nitrogens is 4. The van der Waals surface area contributed by atoms with Crippen molar-refractivity contribution in [2.24, 2.45) is 11.1 Å². The van der Waals surface area contributed by atoms with Gasteiger partial charge in [0.2, 0.25) is 0 Å². The smallest absolute Gasteiger partial charge is 0.143 e. The Morgan fingerprint density at radius 1 is 1.24 bits per heavy atom. The van der Waals surface area contributed by atoms with E-state index in [2.05, 4.69) is 20.1 Å². The highest BCUT2D eigenvalue weighted by Gasteiger charge is 2.44. The minimum absolute atomic E-state index is 0.111. The van der Waals surface area contributed by atoms with Crippen molar-refractivity contribution in [3.8, 4) is 0 Å². The van der Waals surface area contributed by atoms with Crippen molar-refractivity contribution in [3.63, 3.8) is 0 Å². The lowest BCUT2D eigenvalue weighted by molar-refractivity contribution is 0.132. The third kappa shape index (κ3) is 3.22. The first-order chi connectivity index (χ1) is 14.1. The van der Waals surface area contributed by atoms with Crippen molar-refractivity contribution < 1.29 is 4.74 Å². The molecule has 3 aromatic heterocycles. The van der Waals surface area contributed by atoms with Gasteiger partial charge in [-0.3, -0.25) is 5.10 Å². The van der Waals surface area contributed by atoms with Crippen LogP contribution in [-0.4, -0.2) is 52.5 Å². The normalized spacial score (nSPS) is 21.3. The van der Waals surface area contributed by atoms with Gasteiger partial charge in [-0.25, -0.2) is 9.97 Å². The molecule has 3 aromatic rings. The maximum absolute atomic E-state index is 6.32. The third-order valence-electron chi connectivity index (χ3n) is 6.06. The Hall–Kier alpha value is -2.07. The van der Waals surface area contributed by atoms with Crippen LogP contribution in [-0.2, 0) is 4.74 Å². The fourth-order valence-corrected chi connectivity index (χ4v) is 5.37. The number of rotatable bonds is 3. The number of anilines is 2. The summed E-state index contributed by atoms with van der Waals surface area (Å²) in [5, 5.41) is 8.82. The van der Waals surface area contributed by atoms with Gasteiger partial charge in [0.05, 0.1) is 40.2 Å². The number of fused-ring (bicyclic) bond motifs is 1. The maximum Gasteiger partial charge on any atom is 0.143 e. The minimum atomic E-state index is 0.111. The SMILES string of the molecule is Nc1nccc(Sc2cnc(N3CCC4(CC3)COC[C@H]4N)c3cn[nH]c23)c1Cl. The Morgan fingerprint density at radius 2 is 2.07 bits per heavy atom. The van der Waals surface area contributed by atoms with Crippen LogP contribution in [0.4, 0.5) is 11.6 Å². The lowest BCUT2D eigenvalue weighted by Crippen LogP contribution is -2.49. The van der Waals surface area contributed by atoms with Gasteiger partial charge in [-0.15, -0.1) is 0 Å². The molecule has 152 valence electrons. The fraction of sp³-hybridized carbons (Fsp3) is 0.421. The largest absolute Gasteiger partial charge is 0.382 e. The molecule has 8 nitrogen and oxygen atoms in total. The number of nitrogens with one attached hydrogen (secondary N) is 1. The molecule has 0 saturated carbocycles. The Labute approximate surface area is 177 Å². The van der Waals surface area contributed by atoms with Crippen molar-refractivity contribution in [1.82, 2.24) is 20.2 Å². The number of hydrogen-bond donors (Lipinski definition) is 3. The Kier molecular flexibility index (Phi) is 4.78. The molecule has 10 heteroatoms. The number of H-pyrrole nitrogens is 1. The van der Waals surface area contributed by atoms with Gasteiger partial charge >= 0.3 is 0 Å². The first kappa shape index (κ1) is 18.9. The average molecular weight is 432 g/mol. The number of hydrogen-bond acceptors (Lipinski definition) is 8. The summed E-state index contributed by atoms with van der Waals surface area (Å²) < 4.78 is 5.64. The van der Waals surface area contributed by atoms with E-state index in [1.165, 1.54) is 11.8 Å². The second kappa shape index (κ2) is 7.32. The predicted octanol–water partition coefficient (Wildman–Crippen LogP) is 2.68. The summed E-state index contributed by atoms with van der Waals surface area (Å²) in [6, 6.07) is 1.97. The number of aromatic amines is 1. The second-order valence-electron chi connectivity index (χ2n) is 7.69. The van der Waals surface area contributed by atoms with Crippen molar-refractivity contribution in [1.29, 1.82) is 0 Å². The fourth-order valence-electron chi connectivity index (χ4n) is 4.22. The van der Waals surface area contributed by atoms with Gasteiger partial charge in [0.15, 0.2) is 0 Å². The van der Waals surface area contributed by atoms with Crippen LogP contribution in [0, 0.1) is 5.41 Å². The number of ether oxygens (including phenoxy) is 1. The summed E-state index contributed by atoms with van der Waals surface area (Å²) in [6.45, 7) is 3.24.